The van der Waals surface area contributed by atoms with Crippen LogP contribution in [0.5, 0.6) is 11.5 Å². The minimum Gasteiger partial charge on any atom is -0.493 e. The summed E-state index contributed by atoms with van der Waals surface area (Å²) in [5.41, 5.74) is 4.70. The van der Waals surface area contributed by atoms with E-state index in [1.807, 2.05) is 19.1 Å². The highest BCUT2D eigenvalue weighted by Crippen LogP contribution is 2.39. The second-order valence-electron chi connectivity index (χ2n) is 9.55. The number of nitrogens with zero attached hydrogens (tertiary/aromatic N) is 3. The molecule has 3 atom stereocenters. The number of ether oxygens (including phenoxy) is 2. The standard InChI is InChI=1S/C27H32N4O4/c1-16-11-18-12-24(34-3)25(35-4)15-23(18)26(29-31(16)27(33)28-2)17-5-7-19(8-6-17)30-20-9-10-21(30)14-22(32)13-20/h5-8,12,15-16,20-21H,9-11,13-14H2,1-4H3,(H,28,33)/t16-,20-,21+/m1/s1. The number of Topliss-reactive ketones (excluding diaryl/α,β-unsaturated/α-hetero) is 1. The minimum atomic E-state index is -0.257. The van der Waals surface area contributed by atoms with Gasteiger partial charge in [-0.2, -0.15) is 5.10 Å². The Balaban J connectivity index is 1.57. The van der Waals surface area contributed by atoms with Crippen molar-refractivity contribution in [3.63, 3.8) is 0 Å². The van der Waals surface area contributed by atoms with Crippen LogP contribution < -0.4 is 19.7 Å². The first kappa shape index (κ1) is 23.2. The maximum atomic E-state index is 12.7. The van der Waals surface area contributed by atoms with Crippen LogP contribution in [0.1, 0.15) is 49.3 Å². The zero-order chi connectivity index (χ0) is 24.7. The summed E-state index contributed by atoms with van der Waals surface area (Å²) in [5, 5.41) is 9.07. The number of nitrogens with one attached hydrogen (secondary N) is 1. The molecule has 3 heterocycles. The van der Waals surface area contributed by atoms with E-state index in [0.29, 0.717) is 54.3 Å². The molecule has 2 fully saturated rings. The molecule has 0 radical (unpaired) electrons. The van der Waals surface area contributed by atoms with Crippen LogP contribution in [-0.4, -0.2) is 61.9 Å². The van der Waals surface area contributed by atoms with Crippen LogP contribution in [0, 0.1) is 0 Å². The fourth-order valence-corrected chi connectivity index (χ4v) is 5.73. The number of anilines is 1. The van der Waals surface area contributed by atoms with Gasteiger partial charge in [0.1, 0.15) is 5.78 Å². The van der Waals surface area contributed by atoms with Crippen LogP contribution >= 0.6 is 0 Å². The molecule has 5 rings (SSSR count). The smallest absolute Gasteiger partial charge is 0.337 e. The summed E-state index contributed by atoms with van der Waals surface area (Å²) in [6.45, 7) is 1.98. The lowest BCUT2D eigenvalue weighted by Crippen LogP contribution is -2.43. The van der Waals surface area contributed by atoms with Crippen LogP contribution in [0.4, 0.5) is 10.5 Å². The number of rotatable bonds is 4. The van der Waals surface area contributed by atoms with Crippen molar-refractivity contribution in [2.45, 2.75) is 57.2 Å². The number of carbonyl (C=O) groups is 2. The van der Waals surface area contributed by atoms with Crippen molar-refractivity contribution in [2.24, 2.45) is 5.10 Å². The molecular formula is C27H32N4O4. The average Bonchev–Trinajstić information content (AvgIpc) is 3.05. The summed E-state index contributed by atoms with van der Waals surface area (Å²) in [6.07, 6.45) is 4.04. The van der Waals surface area contributed by atoms with E-state index in [2.05, 4.69) is 34.5 Å². The number of piperidine rings is 1. The van der Waals surface area contributed by atoms with Crippen molar-refractivity contribution >= 4 is 23.2 Å². The van der Waals surface area contributed by atoms with E-state index < -0.39 is 0 Å². The Morgan fingerprint density at radius 1 is 1.00 bits per heavy atom. The quantitative estimate of drug-likeness (QED) is 0.727. The van der Waals surface area contributed by atoms with Crippen molar-refractivity contribution in [3.8, 4) is 11.5 Å². The third kappa shape index (κ3) is 4.11. The Morgan fingerprint density at radius 2 is 1.63 bits per heavy atom. The lowest BCUT2D eigenvalue weighted by Gasteiger charge is -2.36. The Morgan fingerprint density at radius 3 is 2.23 bits per heavy atom. The SMILES string of the molecule is CNC(=O)N1N=C(c2ccc(N3[C@@H]4CC[C@H]3CC(=O)C4)cc2)c2cc(OC)c(OC)cc2C[C@H]1C. The number of carbonyl (C=O) groups excluding carboxylic acids is 2. The molecule has 2 aromatic rings. The van der Waals surface area contributed by atoms with Gasteiger partial charge in [-0.1, -0.05) is 12.1 Å². The molecule has 2 amide bonds. The third-order valence-electron chi connectivity index (χ3n) is 7.41. The normalized spacial score (nSPS) is 23.4. The van der Waals surface area contributed by atoms with Crippen molar-refractivity contribution in [3.05, 3.63) is 53.1 Å². The molecule has 1 N–H and O–H groups in total. The summed E-state index contributed by atoms with van der Waals surface area (Å²) in [6, 6.07) is 12.4. The fraction of sp³-hybridized carbons (Fsp3) is 0.444. The second kappa shape index (κ2) is 9.24. The maximum absolute atomic E-state index is 12.7. The van der Waals surface area contributed by atoms with E-state index in [1.54, 1.807) is 21.3 Å². The van der Waals surface area contributed by atoms with Crippen molar-refractivity contribution in [2.75, 3.05) is 26.2 Å². The van der Waals surface area contributed by atoms with E-state index in [4.69, 9.17) is 14.6 Å². The van der Waals surface area contributed by atoms with Gasteiger partial charge in [-0.05, 0) is 56.0 Å². The van der Waals surface area contributed by atoms with Crippen molar-refractivity contribution in [1.29, 1.82) is 0 Å². The molecule has 8 nitrogen and oxygen atoms in total. The summed E-state index contributed by atoms with van der Waals surface area (Å²) in [5.74, 6) is 1.64. The van der Waals surface area contributed by atoms with Crippen molar-refractivity contribution < 1.29 is 19.1 Å². The molecule has 0 aliphatic carbocycles. The number of benzene rings is 2. The van der Waals surface area contributed by atoms with Gasteiger partial charge in [-0.15, -0.1) is 0 Å². The molecular weight excluding hydrogens is 444 g/mol. The minimum absolute atomic E-state index is 0.148. The molecule has 0 saturated carbocycles. The zero-order valence-corrected chi connectivity index (χ0v) is 20.7. The molecule has 3 aliphatic heterocycles. The Labute approximate surface area is 205 Å². The molecule has 2 aromatic carbocycles. The highest BCUT2D eigenvalue weighted by molar-refractivity contribution is 6.14. The van der Waals surface area contributed by atoms with Gasteiger partial charge in [-0.3, -0.25) is 4.79 Å². The predicted molar refractivity (Wildman–Crippen MR) is 135 cm³/mol. The molecule has 184 valence electrons. The molecule has 2 saturated heterocycles. The molecule has 2 bridgehead atoms. The monoisotopic (exact) mass is 476 g/mol. The number of amides is 2. The number of hydrogen-bond donors (Lipinski definition) is 1. The van der Waals surface area contributed by atoms with Gasteiger partial charge < -0.3 is 19.7 Å². The summed E-state index contributed by atoms with van der Waals surface area (Å²) in [4.78, 5) is 27.2. The lowest BCUT2D eigenvalue weighted by atomic mass is 9.93. The maximum Gasteiger partial charge on any atom is 0.337 e. The Hall–Kier alpha value is -3.55. The van der Waals surface area contributed by atoms with Gasteiger partial charge in [0.15, 0.2) is 11.5 Å². The van der Waals surface area contributed by atoms with Crippen LogP contribution in [0.2, 0.25) is 0 Å². The van der Waals surface area contributed by atoms with Crippen LogP contribution in [-0.2, 0) is 11.2 Å². The van der Waals surface area contributed by atoms with Crippen LogP contribution in [0.15, 0.2) is 41.5 Å². The topological polar surface area (TPSA) is 83.5 Å². The number of fused-ring (bicyclic) bond motifs is 3. The first-order valence-electron chi connectivity index (χ1n) is 12.2. The lowest BCUT2D eigenvalue weighted by molar-refractivity contribution is -0.120. The first-order valence-corrected chi connectivity index (χ1v) is 12.2. The largest absolute Gasteiger partial charge is 0.493 e. The van der Waals surface area contributed by atoms with Gasteiger partial charge in [0.25, 0.3) is 0 Å². The predicted octanol–water partition coefficient (Wildman–Crippen LogP) is 3.74. The number of hydrogen-bond acceptors (Lipinski definition) is 6. The van der Waals surface area contributed by atoms with Gasteiger partial charge in [0.05, 0.1) is 26.0 Å². The van der Waals surface area contributed by atoms with Gasteiger partial charge in [0.2, 0.25) is 0 Å². The van der Waals surface area contributed by atoms with E-state index in [1.165, 1.54) is 5.01 Å². The average molecular weight is 477 g/mol. The highest BCUT2D eigenvalue weighted by atomic mass is 16.5. The Bertz CT molecular complexity index is 1160. The van der Waals surface area contributed by atoms with E-state index >= 15 is 0 Å². The summed E-state index contributed by atoms with van der Waals surface area (Å²) < 4.78 is 11.1. The molecule has 0 unspecified atom stereocenters. The van der Waals surface area contributed by atoms with Gasteiger partial charge >= 0.3 is 6.03 Å². The molecule has 35 heavy (non-hydrogen) atoms. The molecule has 0 aromatic heterocycles. The summed E-state index contributed by atoms with van der Waals surface area (Å²) in [7, 11) is 4.85. The van der Waals surface area contributed by atoms with Crippen LogP contribution in [0.3, 0.4) is 0 Å². The van der Waals surface area contributed by atoms with E-state index in [-0.39, 0.29) is 12.1 Å². The third-order valence-corrected chi connectivity index (χ3v) is 7.41. The first-order chi connectivity index (χ1) is 16.9. The molecule has 8 heteroatoms. The number of urea groups is 1. The number of methoxy groups -OCH3 is 2. The van der Waals surface area contributed by atoms with E-state index in [0.717, 1.165) is 35.2 Å². The number of ketones is 1. The zero-order valence-electron chi connectivity index (χ0n) is 20.7. The fourth-order valence-electron chi connectivity index (χ4n) is 5.73. The molecule has 0 spiro atoms. The van der Waals surface area contributed by atoms with Crippen molar-refractivity contribution in [1.82, 2.24) is 10.3 Å². The van der Waals surface area contributed by atoms with E-state index in [9.17, 15) is 9.59 Å². The van der Waals surface area contributed by atoms with Gasteiger partial charge in [0, 0.05) is 48.8 Å². The highest BCUT2D eigenvalue weighted by Gasteiger charge is 2.40. The number of hydrazone groups is 1. The summed E-state index contributed by atoms with van der Waals surface area (Å²) >= 11 is 0. The van der Waals surface area contributed by atoms with Crippen LogP contribution in [0.25, 0.3) is 0 Å². The second-order valence-corrected chi connectivity index (χ2v) is 9.55. The molecule has 3 aliphatic rings. The Kier molecular flexibility index (Phi) is 6.13. The van der Waals surface area contributed by atoms with Gasteiger partial charge in [-0.25, -0.2) is 9.80 Å².